The molecule has 2 atom stereocenters. The quantitative estimate of drug-likeness (QED) is 0.644. The third-order valence-electron chi connectivity index (χ3n) is 2.11. The van der Waals surface area contributed by atoms with Crippen LogP contribution in [0.3, 0.4) is 0 Å². The van der Waals surface area contributed by atoms with Gasteiger partial charge in [-0.2, -0.15) is 5.26 Å². The molecule has 1 aliphatic heterocycles. The molecule has 84 valence electrons. The lowest BCUT2D eigenvalue weighted by atomic mass is 10.2. The zero-order chi connectivity index (χ0) is 11.6. The highest BCUT2D eigenvalue weighted by Crippen LogP contribution is 2.19. The molecule has 1 fully saturated rings. The van der Waals surface area contributed by atoms with Crippen LogP contribution in [0, 0.1) is 11.3 Å². The first-order valence-corrected chi connectivity index (χ1v) is 4.98. The molecular weight excluding hydrogens is 194 g/mol. The monoisotopic (exact) mass is 211 g/mol. The van der Waals surface area contributed by atoms with Crippen molar-refractivity contribution in [2.24, 2.45) is 5.73 Å². The molecule has 0 spiro atoms. The van der Waals surface area contributed by atoms with Gasteiger partial charge in [-0.3, -0.25) is 4.90 Å². The van der Waals surface area contributed by atoms with Gasteiger partial charge < -0.3 is 10.5 Å². The molecule has 5 heteroatoms. The van der Waals surface area contributed by atoms with E-state index < -0.39 is 17.7 Å². The van der Waals surface area contributed by atoms with E-state index in [9.17, 15) is 4.79 Å². The Bertz CT molecular complexity index is 290. The molecule has 0 saturated carbocycles. The average Bonchev–Trinajstić information content (AvgIpc) is 2.43. The standard InChI is InChI=1S/C10H17N3O2/c1-10(2,3)15-9(14)13-6-7(12)4-8(13)5-11/h7-8H,4,6,12H2,1-3H3/t7-,8+/m0/s1. The van der Waals surface area contributed by atoms with Crippen LogP contribution < -0.4 is 5.73 Å². The largest absolute Gasteiger partial charge is 0.444 e. The van der Waals surface area contributed by atoms with Gasteiger partial charge in [-0.15, -0.1) is 0 Å². The predicted octanol–water partition coefficient (Wildman–Crippen LogP) is 0.847. The summed E-state index contributed by atoms with van der Waals surface area (Å²) in [6.07, 6.45) is 0.0671. The maximum atomic E-state index is 11.7. The summed E-state index contributed by atoms with van der Waals surface area (Å²) in [5.74, 6) is 0. The molecule has 0 aliphatic carbocycles. The van der Waals surface area contributed by atoms with Gasteiger partial charge in [0.1, 0.15) is 11.6 Å². The van der Waals surface area contributed by atoms with E-state index in [1.54, 1.807) is 20.8 Å². The number of hydrogen-bond acceptors (Lipinski definition) is 4. The van der Waals surface area contributed by atoms with E-state index in [4.69, 9.17) is 15.7 Å². The second-order valence-corrected chi connectivity index (χ2v) is 4.77. The molecule has 1 heterocycles. The van der Waals surface area contributed by atoms with Crippen molar-refractivity contribution in [3.05, 3.63) is 0 Å². The molecule has 0 aromatic heterocycles. The lowest BCUT2D eigenvalue weighted by molar-refractivity contribution is 0.0258. The van der Waals surface area contributed by atoms with Crippen molar-refractivity contribution in [3.8, 4) is 6.07 Å². The SMILES string of the molecule is CC(C)(C)OC(=O)N1C[C@@H](N)C[C@@H]1C#N. The highest BCUT2D eigenvalue weighted by molar-refractivity contribution is 5.69. The number of carbonyl (C=O) groups is 1. The summed E-state index contributed by atoms with van der Waals surface area (Å²) >= 11 is 0. The van der Waals surface area contributed by atoms with Crippen molar-refractivity contribution in [1.82, 2.24) is 4.90 Å². The molecule has 1 rings (SSSR count). The van der Waals surface area contributed by atoms with Crippen molar-refractivity contribution in [1.29, 1.82) is 5.26 Å². The van der Waals surface area contributed by atoms with Gasteiger partial charge >= 0.3 is 6.09 Å². The third kappa shape index (κ3) is 3.10. The van der Waals surface area contributed by atoms with Crippen molar-refractivity contribution in [2.45, 2.75) is 44.9 Å². The van der Waals surface area contributed by atoms with E-state index in [2.05, 4.69) is 6.07 Å². The lowest BCUT2D eigenvalue weighted by Crippen LogP contribution is -2.40. The Hall–Kier alpha value is -1.28. The number of nitrogens with two attached hydrogens (primary N) is 1. The van der Waals surface area contributed by atoms with Crippen molar-refractivity contribution < 1.29 is 9.53 Å². The Morgan fingerprint density at radius 2 is 2.20 bits per heavy atom. The maximum absolute atomic E-state index is 11.7. The predicted molar refractivity (Wildman–Crippen MR) is 54.9 cm³/mol. The topological polar surface area (TPSA) is 79.3 Å². The van der Waals surface area contributed by atoms with Crippen LogP contribution in [0.15, 0.2) is 0 Å². The van der Waals surface area contributed by atoms with Gasteiger partial charge in [0, 0.05) is 12.6 Å². The summed E-state index contributed by atoms with van der Waals surface area (Å²) in [6, 6.07) is 1.48. The van der Waals surface area contributed by atoms with E-state index in [0.29, 0.717) is 13.0 Å². The first-order chi connectivity index (χ1) is 6.83. The number of carbonyl (C=O) groups excluding carboxylic acids is 1. The molecule has 0 aromatic rings. The Morgan fingerprint density at radius 3 is 2.67 bits per heavy atom. The number of rotatable bonds is 0. The summed E-state index contributed by atoms with van der Waals surface area (Å²) in [5.41, 5.74) is 5.15. The molecule has 0 unspecified atom stereocenters. The minimum atomic E-state index is -0.538. The number of amides is 1. The molecule has 1 aliphatic rings. The normalized spacial score (nSPS) is 26.2. The smallest absolute Gasteiger partial charge is 0.411 e. The van der Waals surface area contributed by atoms with Crippen LogP contribution >= 0.6 is 0 Å². The molecule has 0 bridgehead atoms. The average molecular weight is 211 g/mol. The number of likely N-dealkylation sites (tertiary alicyclic amines) is 1. The molecule has 0 radical (unpaired) electrons. The van der Waals surface area contributed by atoms with E-state index in [1.807, 2.05) is 0 Å². The zero-order valence-electron chi connectivity index (χ0n) is 9.36. The minimum absolute atomic E-state index is 0.123. The Balaban J connectivity index is 2.64. The minimum Gasteiger partial charge on any atom is -0.444 e. The summed E-state index contributed by atoms with van der Waals surface area (Å²) in [4.78, 5) is 13.1. The number of nitrogens with zero attached hydrogens (tertiary/aromatic N) is 2. The van der Waals surface area contributed by atoms with Gasteiger partial charge in [0.15, 0.2) is 0 Å². The van der Waals surface area contributed by atoms with Gasteiger partial charge in [-0.1, -0.05) is 0 Å². The van der Waals surface area contributed by atoms with Gasteiger partial charge in [-0.05, 0) is 27.2 Å². The van der Waals surface area contributed by atoms with Crippen LogP contribution in [0.4, 0.5) is 4.79 Å². The fourth-order valence-electron chi connectivity index (χ4n) is 1.51. The van der Waals surface area contributed by atoms with Gasteiger partial charge in [0.2, 0.25) is 0 Å². The number of ether oxygens (including phenoxy) is 1. The highest BCUT2D eigenvalue weighted by Gasteiger charge is 2.35. The van der Waals surface area contributed by atoms with Gasteiger partial charge in [0.25, 0.3) is 0 Å². The Labute approximate surface area is 89.8 Å². The number of nitriles is 1. The van der Waals surface area contributed by atoms with Gasteiger partial charge in [-0.25, -0.2) is 4.79 Å². The van der Waals surface area contributed by atoms with Crippen LogP contribution in [0.5, 0.6) is 0 Å². The summed E-state index contributed by atoms with van der Waals surface area (Å²) < 4.78 is 5.18. The number of hydrogen-bond donors (Lipinski definition) is 1. The van der Waals surface area contributed by atoms with Crippen molar-refractivity contribution in [3.63, 3.8) is 0 Å². The van der Waals surface area contributed by atoms with Crippen molar-refractivity contribution in [2.75, 3.05) is 6.54 Å². The highest BCUT2D eigenvalue weighted by atomic mass is 16.6. The van der Waals surface area contributed by atoms with E-state index in [1.165, 1.54) is 4.90 Å². The zero-order valence-corrected chi connectivity index (χ0v) is 9.36. The molecule has 0 aromatic carbocycles. The lowest BCUT2D eigenvalue weighted by Gasteiger charge is -2.25. The van der Waals surface area contributed by atoms with Crippen LogP contribution in [0.1, 0.15) is 27.2 Å². The third-order valence-corrected chi connectivity index (χ3v) is 2.11. The Morgan fingerprint density at radius 1 is 1.60 bits per heavy atom. The molecule has 2 N–H and O–H groups in total. The first kappa shape index (κ1) is 11.8. The fourth-order valence-corrected chi connectivity index (χ4v) is 1.51. The van der Waals surface area contributed by atoms with Crippen LogP contribution in [0.2, 0.25) is 0 Å². The summed E-state index contributed by atoms with van der Waals surface area (Å²) in [5, 5.41) is 8.85. The van der Waals surface area contributed by atoms with E-state index >= 15 is 0 Å². The maximum Gasteiger partial charge on any atom is 0.411 e. The molecule has 5 nitrogen and oxygen atoms in total. The first-order valence-electron chi connectivity index (χ1n) is 4.98. The van der Waals surface area contributed by atoms with E-state index in [0.717, 1.165) is 0 Å². The Kier molecular flexibility index (Phi) is 3.20. The summed E-state index contributed by atoms with van der Waals surface area (Å²) in [7, 11) is 0. The molecule has 1 amide bonds. The molecular formula is C10H17N3O2. The van der Waals surface area contributed by atoms with Crippen LogP contribution in [0.25, 0.3) is 0 Å². The molecule has 15 heavy (non-hydrogen) atoms. The van der Waals surface area contributed by atoms with Crippen LogP contribution in [-0.4, -0.2) is 35.2 Å². The molecule has 1 saturated heterocycles. The van der Waals surface area contributed by atoms with Crippen LogP contribution in [-0.2, 0) is 4.74 Å². The second-order valence-electron chi connectivity index (χ2n) is 4.77. The summed E-state index contributed by atoms with van der Waals surface area (Å²) in [6.45, 7) is 5.78. The van der Waals surface area contributed by atoms with Gasteiger partial charge in [0.05, 0.1) is 6.07 Å². The van der Waals surface area contributed by atoms with E-state index in [-0.39, 0.29) is 6.04 Å². The fraction of sp³-hybridized carbons (Fsp3) is 0.800. The second kappa shape index (κ2) is 4.07. The van der Waals surface area contributed by atoms with Crippen molar-refractivity contribution >= 4 is 6.09 Å².